The molecule has 1 spiro atoms. The zero-order chi connectivity index (χ0) is 27.5. The molecular weight excluding hydrogens is 510 g/mol. The van der Waals surface area contributed by atoms with E-state index in [-0.39, 0.29) is 30.9 Å². The minimum absolute atomic E-state index is 0.0400. The number of anilines is 2. The van der Waals surface area contributed by atoms with Gasteiger partial charge >= 0.3 is 0 Å². The van der Waals surface area contributed by atoms with Crippen molar-refractivity contribution in [3.63, 3.8) is 0 Å². The Balaban J connectivity index is 1.49. The molecule has 2 fully saturated rings. The molecule has 8 heteroatoms. The van der Waals surface area contributed by atoms with Crippen molar-refractivity contribution in [1.82, 2.24) is 4.90 Å². The molecule has 39 heavy (non-hydrogen) atoms. The summed E-state index contributed by atoms with van der Waals surface area (Å²) in [4.78, 5) is 48.2. The van der Waals surface area contributed by atoms with Gasteiger partial charge in [0.1, 0.15) is 6.04 Å². The Hall–Kier alpha value is -3.36. The fraction of sp³-hybridized carbons (Fsp3) is 0.387. The third-order valence-electron chi connectivity index (χ3n) is 8.68. The van der Waals surface area contributed by atoms with Crippen LogP contribution in [-0.2, 0) is 14.4 Å². The summed E-state index contributed by atoms with van der Waals surface area (Å²) >= 11 is 1.56. The fourth-order valence-corrected chi connectivity index (χ4v) is 9.30. The molecule has 4 heterocycles. The summed E-state index contributed by atoms with van der Waals surface area (Å²) in [6.45, 7) is 6.56. The molecule has 4 aliphatic rings. The Morgan fingerprint density at radius 2 is 1.51 bits per heavy atom. The minimum Gasteiger partial charge on any atom is -0.395 e. The Morgan fingerprint density at radius 1 is 0.846 bits per heavy atom. The highest BCUT2D eigenvalue weighted by molar-refractivity contribution is 8.02. The van der Waals surface area contributed by atoms with Crippen LogP contribution in [0.15, 0.2) is 72.8 Å². The van der Waals surface area contributed by atoms with Crippen LogP contribution in [0.5, 0.6) is 0 Å². The summed E-state index contributed by atoms with van der Waals surface area (Å²) < 4.78 is -1.61. The zero-order valence-corrected chi connectivity index (χ0v) is 23.2. The van der Waals surface area contributed by atoms with Gasteiger partial charge in [-0.25, -0.2) is 0 Å². The molecule has 6 rings (SSSR count). The largest absolute Gasteiger partial charge is 0.395 e. The number of hydrogen-bond acceptors (Lipinski definition) is 5. The van der Waals surface area contributed by atoms with Crippen molar-refractivity contribution in [2.75, 3.05) is 36.0 Å². The molecule has 2 aromatic rings. The van der Waals surface area contributed by atoms with Gasteiger partial charge < -0.3 is 19.8 Å². The van der Waals surface area contributed by atoms with Gasteiger partial charge in [0.05, 0.1) is 23.2 Å². The van der Waals surface area contributed by atoms with Crippen molar-refractivity contribution in [1.29, 1.82) is 0 Å². The molecule has 1 unspecified atom stereocenters. The van der Waals surface area contributed by atoms with Crippen LogP contribution in [0.1, 0.15) is 18.1 Å². The molecule has 2 aromatic carbocycles. The first-order valence-corrected chi connectivity index (χ1v) is 14.3. The van der Waals surface area contributed by atoms with E-state index in [4.69, 9.17) is 0 Å². The molecule has 0 bridgehead atoms. The fourth-order valence-electron chi connectivity index (χ4n) is 7.14. The molecule has 0 aromatic heterocycles. The summed E-state index contributed by atoms with van der Waals surface area (Å²) in [6, 6.07) is 14.6. The molecule has 7 nitrogen and oxygen atoms in total. The second-order valence-corrected chi connectivity index (χ2v) is 12.8. The maximum absolute atomic E-state index is 14.5. The topological polar surface area (TPSA) is 81.2 Å². The summed E-state index contributed by atoms with van der Waals surface area (Å²) in [6.07, 6.45) is 8.06. The van der Waals surface area contributed by atoms with Gasteiger partial charge in [0, 0.05) is 35.8 Å². The molecule has 1 N–H and O–H groups in total. The number of para-hydroxylation sites is 2. The van der Waals surface area contributed by atoms with Crippen LogP contribution in [0.4, 0.5) is 11.4 Å². The van der Waals surface area contributed by atoms with E-state index in [2.05, 4.69) is 6.08 Å². The number of benzene rings is 2. The average molecular weight is 544 g/mol. The number of nitrogens with zero attached hydrogens (tertiary/aromatic N) is 3. The first-order chi connectivity index (χ1) is 18.7. The standard InChI is InChI=1S/C31H33N3O4S/c1-20-10-7-11-21(2)25(20)33-17-9-15-31-24(28(37)34(18-19-35)26(31)29(33)38)23-27(36)32(22-12-5-4-6-13-22)16-8-14-30(23,3)39-31/h4-15,23-24,26,35H,16-19H2,1-3H3/t23-,24+,26?,30+,31+/m1/s1. The summed E-state index contributed by atoms with van der Waals surface area (Å²) in [7, 11) is 0. The molecule has 202 valence electrons. The van der Waals surface area contributed by atoms with Crippen molar-refractivity contribution >= 4 is 40.9 Å². The smallest absolute Gasteiger partial charge is 0.251 e. The molecular formula is C31H33N3O4S. The van der Waals surface area contributed by atoms with Gasteiger partial charge in [-0.15, -0.1) is 11.8 Å². The lowest BCUT2D eigenvalue weighted by Gasteiger charge is -2.37. The lowest BCUT2D eigenvalue weighted by atomic mass is 9.74. The highest BCUT2D eigenvalue weighted by Crippen LogP contribution is 2.65. The predicted octanol–water partition coefficient (Wildman–Crippen LogP) is 3.49. The van der Waals surface area contributed by atoms with Crippen LogP contribution in [0.2, 0.25) is 0 Å². The number of fused-ring (bicyclic) bond motifs is 2. The second kappa shape index (κ2) is 9.38. The third-order valence-corrected chi connectivity index (χ3v) is 10.5. The summed E-state index contributed by atoms with van der Waals surface area (Å²) in [5, 5.41) is 9.96. The number of aliphatic hydroxyl groups is 1. The van der Waals surface area contributed by atoms with Crippen LogP contribution < -0.4 is 9.80 Å². The number of aliphatic hydroxyl groups excluding tert-OH is 1. The van der Waals surface area contributed by atoms with E-state index in [1.54, 1.807) is 21.6 Å². The van der Waals surface area contributed by atoms with Crippen molar-refractivity contribution in [2.24, 2.45) is 11.8 Å². The number of rotatable bonds is 4. The van der Waals surface area contributed by atoms with Gasteiger partial charge in [-0.3, -0.25) is 14.4 Å². The first kappa shape index (κ1) is 25.9. The van der Waals surface area contributed by atoms with E-state index in [1.165, 1.54) is 4.90 Å². The highest BCUT2D eigenvalue weighted by atomic mass is 32.2. The Morgan fingerprint density at radius 3 is 2.21 bits per heavy atom. The lowest BCUT2D eigenvalue weighted by molar-refractivity contribution is -0.139. The number of likely N-dealkylation sites (tertiary alicyclic amines) is 1. The predicted molar refractivity (Wildman–Crippen MR) is 154 cm³/mol. The Labute approximate surface area is 233 Å². The molecule has 0 aliphatic carbocycles. The number of amides is 3. The number of carbonyl (C=O) groups is 3. The van der Waals surface area contributed by atoms with Crippen LogP contribution in [-0.4, -0.2) is 69.5 Å². The van der Waals surface area contributed by atoms with E-state index in [9.17, 15) is 19.5 Å². The highest BCUT2D eigenvalue weighted by Gasteiger charge is 2.74. The van der Waals surface area contributed by atoms with Gasteiger partial charge in [-0.05, 0) is 44.0 Å². The summed E-state index contributed by atoms with van der Waals surface area (Å²) in [5.74, 6) is -1.93. The average Bonchev–Trinajstić information content (AvgIpc) is 3.17. The normalized spacial score (nSPS) is 31.7. The number of thioether (sulfide) groups is 1. The van der Waals surface area contributed by atoms with Crippen LogP contribution in [0, 0.1) is 25.7 Å². The van der Waals surface area contributed by atoms with Crippen LogP contribution in [0.3, 0.4) is 0 Å². The van der Waals surface area contributed by atoms with Gasteiger partial charge in [-0.2, -0.15) is 0 Å². The SMILES string of the molecule is Cc1cccc(C)c1N1CC=C[C@]23S[C@@]4(C)C=CCN(c5ccccc5)C(=O)[C@H]4[C@H]2C(=O)N(CCO)C3C1=O. The van der Waals surface area contributed by atoms with E-state index in [0.29, 0.717) is 13.1 Å². The molecule has 3 amide bonds. The Kier molecular flexibility index (Phi) is 6.23. The lowest BCUT2D eigenvalue weighted by Crippen LogP contribution is -2.54. The number of aryl methyl sites for hydroxylation is 2. The van der Waals surface area contributed by atoms with Gasteiger partial charge in [0.25, 0.3) is 5.91 Å². The van der Waals surface area contributed by atoms with Crippen molar-refractivity contribution in [2.45, 2.75) is 36.3 Å². The third kappa shape index (κ3) is 3.72. The van der Waals surface area contributed by atoms with Gasteiger partial charge in [-0.1, -0.05) is 60.7 Å². The molecule has 0 saturated carbocycles. The maximum atomic E-state index is 14.5. The van der Waals surface area contributed by atoms with Crippen molar-refractivity contribution < 1.29 is 19.5 Å². The van der Waals surface area contributed by atoms with E-state index < -0.39 is 27.4 Å². The minimum atomic E-state index is -0.937. The van der Waals surface area contributed by atoms with Crippen LogP contribution in [0.25, 0.3) is 0 Å². The molecule has 0 radical (unpaired) electrons. The number of carbonyl (C=O) groups excluding carboxylic acids is 3. The van der Waals surface area contributed by atoms with E-state index in [0.717, 1.165) is 22.5 Å². The van der Waals surface area contributed by atoms with E-state index >= 15 is 0 Å². The Bertz CT molecular complexity index is 1390. The number of β-amino-alcohol motifs (C(OH)–C–C–N with tert-alkyl or cyclic N) is 1. The molecule has 4 aliphatic heterocycles. The molecule has 2 saturated heterocycles. The van der Waals surface area contributed by atoms with E-state index in [1.807, 2.05) is 87.5 Å². The van der Waals surface area contributed by atoms with Crippen molar-refractivity contribution in [3.8, 4) is 0 Å². The van der Waals surface area contributed by atoms with Gasteiger partial charge in [0.15, 0.2) is 0 Å². The van der Waals surface area contributed by atoms with Crippen LogP contribution >= 0.6 is 11.8 Å². The first-order valence-electron chi connectivity index (χ1n) is 13.4. The monoisotopic (exact) mass is 543 g/mol. The van der Waals surface area contributed by atoms with Crippen molar-refractivity contribution in [3.05, 3.63) is 84.0 Å². The quantitative estimate of drug-likeness (QED) is 0.598. The number of hydrogen-bond donors (Lipinski definition) is 1. The molecule has 5 atom stereocenters. The zero-order valence-electron chi connectivity index (χ0n) is 22.4. The maximum Gasteiger partial charge on any atom is 0.251 e. The summed E-state index contributed by atoms with van der Waals surface area (Å²) in [5.41, 5.74) is 3.59. The van der Waals surface area contributed by atoms with Gasteiger partial charge in [0.2, 0.25) is 11.8 Å². The second-order valence-electron chi connectivity index (χ2n) is 11.0.